The van der Waals surface area contributed by atoms with Crippen molar-refractivity contribution in [2.75, 3.05) is 39.3 Å². The van der Waals surface area contributed by atoms with E-state index in [1.165, 1.54) is 19.1 Å². The Kier molecular flexibility index (Phi) is 6.31. The average molecular weight is 451 g/mol. The Labute approximate surface area is 194 Å². The van der Waals surface area contributed by atoms with Gasteiger partial charge >= 0.3 is 0 Å². The molecule has 0 saturated carbocycles. The van der Waals surface area contributed by atoms with Crippen molar-refractivity contribution in [3.05, 3.63) is 53.7 Å². The van der Waals surface area contributed by atoms with E-state index in [-0.39, 0.29) is 11.8 Å². The molecule has 7 nitrogen and oxygen atoms in total. The summed E-state index contributed by atoms with van der Waals surface area (Å²) in [6.45, 7) is 5.79. The van der Waals surface area contributed by atoms with Crippen molar-refractivity contribution in [2.24, 2.45) is 11.8 Å². The Morgan fingerprint density at radius 1 is 0.818 bits per heavy atom. The third kappa shape index (κ3) is 4.15. The number of methoxy groups -OCH3 is 3. The lowest BCUT2D eigenvalue weighted by Gasteiger charge is -2.37. The zero-order valence-corrected chi connectivity index (χ0v) is 19.8. The summed E-state index contributed by atoms with van der Waals surface area (Å²) < 4.78 is 16.3. The monoisotopic (exact) mass is 450 g/mol. The van der Waals surface area contributed by atoms with Crippen LogP contribution in [0.4, 0.5) is 5.69 Å². The third-order valence-electron chi connectivity index (χ3n) is 6.22. The summed E-state index contributed by atoms with van der Waals surface area (Å²) in [5.41, 5.74) is 1.79. The van der Waals surface area contributed by atoms with Gasteiger partial charge in [0, 0.05) is 36.9 Å². The van der Waals surface area contributed by atoms with Crippen LogP contribution < -0.4 is 19.1 Å². The van der Waals surface area contributed by atoms with Crippen molar-refractivity contribution >= 4 is 23.1 Å². The number of rotatable bonds is 6. The predicted molar refractivity (Wildman–Crippen MR) is 126 cm³/mol. The van der Waals surface area contributed by atoms with Crippen LogP contribution in [-0.2, 0) is 9.59 Å². The number of benzene rings is 2. The highest BCUT2D eigenvalue weighted by Gasteiger charge is 2.44. The number of carbonyl (C=O) groups is 2. The van der Waals surface area contributed by atoms with Gasteiger partial charge in [-0.15, -0.1) is 0 Å². The zero-order valence-electron chi connectivity index (χ0n) is 19.8. The molecule has 0 bridgehead atoms. The molecular weight excluding hydrogens is 420 g/mol. The van der Waals surface area contributed by atoms with Gasteiger partial charge in [-0.05, 0) is 24.3 Å². The van der Waals surface area contributed by atoms with Crippen LogP contribution in [0.5, 0.6) is 17.2 Å². The number of hydrogen-bond acceptors (Lipinski definition) is 6. The molecule has 7 heteroatoms. The fourth-order valence-corrected chi connectivity index (χ4v) is 4.91. The molecule has 2 aromatic carbocycles. The van der Waals surface area contributed by atoms with Gasteiger partial charge in [0.1, 0.15) is 22.9 Å². The van der Waals surface area contributed by atoms with Crippen LogP contribution in [0.25, 0.3) is 5.57 Å². The molecule has 0 spiro atoms. The lowest BCUT2D eigenvalue weighted by atomic mass is 9.91. The van der Waals surface area contributed by atoms with Gasteiger partial charge in [0.2, 0.25) is 0 Å². The summed E-state index contributed by atoms with van der Waals surface area (Å²) in [4.78, 5) is 31.1. The number of amides is 2. The molecule has 174 valence electrons. The molecule has 1 fully saturated rings. The van der Waals surface area contributed by atoms with E-state index in [1.54, 1.807) is 31.4 Å². The van der Waals surface area contributed by atoms with Crippen LogP contribution in [0.1, 0.15) is 25.8 Å². The van der Waals surface area contributed by atoms with Gasteiger partial charge in [0.25, 0.3) is 11.8 Å². The number of carbonyl (C=O) groups excluding carboxylic acids is 2. The molecule has 2 amide bonds. The predicted octanol–water partition coefficient (Wildman–Crippen LogP) is 3.97. The summed E-state index contributed by atoms with van der Waals surface area (Å²) in [6.07, 6.45) is 1.09. The van der Waals surface area contributed by atoms with Crippen molar-refractivity contribution in [3.8, 4) is 17.2 Å². The molecule has 0 aromatic heterocycles. The Morgan fingerprint density at radius 2 is 1.42 bits per heavy atom. The van der Waals surface area contributed by atoms with Crippen molar-refractivity contribution in [2.45, 2.75) is 20.3 Å². The molecule has 2 atom stereocenters. The normalized spacial score (nSPS) is 21.0. The number of piperidine rings is 1. The van der Waals surface area contributed by atoms with Gasteiger partial charge in [-0.1, -0.05) is 32.0 Å². The molecule has 2 heterocycles. The molecule has 2 aromatic rings. The van der Waals surface area contributed by atoms with Crippen LogP contribution in [-0.4, -0.2) is 51.1 Å². The fourth-order valence-electron chi connectivity index (χ4n) is 4.91. The van der Waals surface area contributed by atoms with Gasteiger partial charge in [0.05, 0.1) is 32.6 Å². The third-order valence-corrected chi connectivity index (χ3v) is 6.22. The number of anilines is 1. The maximum atomic E-state index is 13.9. The van der Waals surface area contributed by atoms with Gasteiger partial charge in [-0.2, -0.15) is 0 Å². The van der Waals surface area contributed by atoms with E-state index in [4.69, 9.17) is 14.2 Å². The Morgan fingerprint density at radius 3 is 2.00 bits per heavy atom. The number of ether oxygens (including phenoxy) is 3. The number of hydrogen-bond donors (Lipinski definition) is 0. The molecule has 2 unspecified atom stereocenters. The van der Waals surface area contributed by atoms with Gasteiger partial charge < -0.3 is 19.1 Å². The first kappa shape index (κ1) is 22.7. The largest absolute Gasteiger partial charge is 0.497 e. The van der Waals surface area contributed by atoms with Crippen LogP contribution in [0.2, 0.25) is 0 Å². The standard InChI is InChI=1S/C26H30N2O5/c1-16-10-17(2)15-27(14-16)24-23(21-8-6-7-9-22(21)33-5)25(29)28(26(24)30)18-11-19(31-3)13-20(12-18)32-4/h6-9,11-13,16-17H,10,14-15H2,1-5H3. The molecular formula is C26H30N2O5. The first-order valence-corrected chi connectivity index (χ1v) is 11.1. The highest BCUT2D eigenvalue weighted by atomic mass is 16.5. The number of likely N-dealkylation sites (tertiary alicyclic amines) is 1. The molecule has 33 heavy (non-hydrogen) atoms. The highest BCUT2D eigenvalue weighted by molar-refractivity contribution is 6.45. The van der Waals surface area contributed by atoms with Crippen LogP contribution in [0, 0.1) is 11.8 Å². The molecule has 2 aliphatic rings. The van der Waals surface area contributed by atoms with E-state index in [1.807, 2.05) is 18.2 Å². The number of imide groups is 1. The van der Waals surface area contributed by atoms with E-state index < -0.39 is 0 Å². The maximum absolute atomic E-state index is 13.9. The molecule has 0 N–H and O–H groups in total. The smallest absolute Gasteiger partial charge is 0.282 e. The van der Waals surface area contributed by atoms with E-state index in [9.17, 15) is 9.59 Å². The second-order valence-corrected chi connectivity index (χ2v) is 8.79. The molecule has 1 saturated heterocycles. The molecule has 2 aliphatic heterocycles. The molecule has 0 aliphatic carbocycles. The zero-order chi connectivity index (χ0) is 23.7. The van der Waals surface area contributed by atoms with Crippen molar-refractivity contribution < 1.29 is 23.8 Å². The minimum atomic E-state index is -0.388. The van der Waals surface area contributed by atoms with Crippen molar-refractivity contribution in [3.63, 3.8) is 0 Å². The molecule has 0 radical (unpaired) electrons. The van der Waals surface area contributed by atoms with E-state index in [2.05, 4.69) is 18.7 Å². The van der Waals surface area contributed by atoms with Gasteiger partial charge in [-0.3, -0.25) is 9.59 Å². The van der Waals surface area contributed by atoms with E-state index in [0.717, 1.165) is 6.42 Å². The topological polar surface area (TPSA) is 68.3 Å². The minimum Gasteiger partial charge on any atom is -0.497 e. The summed E-state index contributed by atoms with van der Waals surface area (Å²) in [7, 11) is 4.63. The summed E-state index contributed by atoms with van der Waals surface area (Å²) >= 11 is 0. The van der Waals surface area contributed by atoms with Crippen LogP contribution in [0.3, 0.4) is 0 Å². The summed E-state index contributed by atoms with van der Waals surface area (Å²) in [6, 6.07) is 12.4. The maximum Gasteiger partial charge on any atom is 0.282 e. The average Bonchev–Trinajstić information content (AvgIpc) is 3.07. The van der Waals surface area contributed by atoms with Crippen LogP contribution in [0.15, 0.2) is 48.2 Å². The number of para-hydroxylation sites is 1. The van der Waals surface area contributed by atoms with E-state index in [0.29, 0.717) is 64.7 Å². The van der Waals surface area contributed by atoms with Crippen molar-refractivity contribution in [1.29, 1.82) is 0 Å². The lowest BCUT2D eigenvalue weighted by Crippen LogP contribution is -2.42. The Bertz CT molecular complexity index is 1080. The minimum absolute atomic E-state index is 0.350. The SMILES string of the molecule is COc1cc(OC)cc(N2C(=O)C(c3ccccc3OC)=C(N3CC(C)CC(C)C3)C2=O)c1. The Hall–Kier alpha value is -3.48. The summed E-state index contributed by atoms with van der Waals surface area (Å²) in [5.74, 6) is 1.63. The fraction of sp³-hybridized carbons (Fsp3) is 0.385. The Balaban J connectivity index is 1.88. The first-order valence-electron chi connectivity index (χ1n) is 11.1. The molecule has 4 rings (SSSR count). The van der Waals surface area contributed by atoms with Gasteiger partial charge in [-0.25, -0.2) is 4.90 Å². The van der Waals surface area contributed by atoms with E-state index >= 15 is 0 Å². The van der Waals surface area contributed by atoms with Gasteiger partial charge in [0.15, 0.2) is 0 Å². The second kappa shape index (κ2) is 9.17. The lowest BCUT2D eigenvalue weighted by molar-refractivity contribution is -0.120. The number of nitrogens with zero attached hydrogens (tertiary/aromatic N) is 2. The summed E-state index contributed by atoms with van der Waals surface area (Å²) in [5, 5.41) is 0. The first-order chi connectivity index (χ1) is 15.9. The van der Waals surface area contributed by atoms with Crippen LogP contribution >= 0.6 is 0 Å². The quantitative estimate of drug-likeness (QED) is 0.621. The second-order valence-electron chi connectivity index (χ2n) is 8.79. The van der Waals surface area contributed by atoms with Crippen molar-refractivity contribution in [1.82, 2.24) is 4.90 Å². The highest BCUT2D eigenvalue weighted by Crippen LogP contribution is 2.41.